The largest absolute Gasteiger partial charge is 0.379 e. The molecule has 0 bridgehead atoms. The first-order valence-corrected chi connectivity index (χ1v) is 17.0. The van der Waals surface area contributed by atoms with Crippen molar-refractivity contribution in [3.05, 3.63) is 223 Å². The molecule has 0 unspecified atom stereocenters. The van der Waals surface area contributed by atoms with Gasteiger partial charge in [0.2, 0.25) is 0 Å². The first-order valence-electron chi connectivity index (χ1n) is 15.5. The van der Waals surface area contributed by atoms with Crippen LogP contribution in [0.15, 0.2) is 170 Å². The standard InChI is InChI=1S/C42H32Cl4O2/c43-35-19-11-31(12-20-35)41(47,32-13-21-36(44)22-14-32)39(29-7-3-1-4-8-29)27-28-40(30-9-5-2-6-10-30)42(48,33-15-23-37(45)24-16-33)34-17-25-38(46)26-18-34/h1-28,39-40,47-48H/b28-27-/t39-,40+. The second kappa shape index (κ2) is 14.7. The average molecular weight is 711 g/mol. The minimum Gasteiger partial charge on any atom is -0.379 e. The van der Waals surface area contributed by atoms with Crippen LogP contribution in [0.1, 0.15) is 45.2 Å². The molecule has 0 amide bonds. The van der Waals surface area contributed by atoms with Gasteiger partial charge in [-0.05, 0) is 81.9 Å². The smallest absolute Gasteiger partial charge is 0.125 e. The molecule has 6 heteroatoms. The van der Waals surface area contributed by atoms with Crippen molar-refractivity contribution in [2.45, 2.75) is 23.0 Å². The van der Waals surface area contributed by atoms with Gasteiger partial charge in [-0.2, -0.15) is 0 Å². The first-order chi connectivity index (χ1) is 23.2. The van der Waals surface area contributed by atoms with Crippen LogP contribution in [0, 0.1) is 0 Å². The summed E-state index contributed by atoms with van der Waals surface area (Å²) in [6.45, 7) is 0. The number of aliphatic hydroxyl groups is 2. The number of rotatable bonds is 10. The lowest BCUT2D eigenvalue weighted by Gasteiger charge is -2.39. The fourth-order valence-corrected chi connectivity index (χ4v) is 6.90. The van der Waals surface area contributed by atoms with Crippen LogP contribution in [-0.4, -0.2) is 10.2 Å². The van der Waals surface area contributed by atoms with Crippen molar-refractivity contribution in [2.24, 2.45) is 0 Å². The number of halogens is 4. The normalized spacial score (nSPS) is 13.4. The van der Waals surface area contributed by atoms with Gasteiger partial charge in [-0.3, -0.25) is 0 Å². The van der Waals surface area contributed by atoms with Gasteiger partial charge in [0.1, 0.15) is 11.2 Å². The highest BCUT2D eigenvalue weighted by Gasteiger charge is 2.43. The zero-order valence-corrected chi connectivity index (χ0v) is 28.8. The summed E-state index contributed by atoms with van der Waals surface area (Å²) in [7, 11) is 0. The molecular formula is C42H32Cl4O2. The molecule has 0 aliphatic carbocycles. The van der Waals surface area contributed by atoms with Crippen molar-refractivity contribution < 1.29 is 10.2 Å². The van der Waals surface area contributed by atoms with E-state index >= 15 is 0 Å². The Morgan fingerprint density at radius 3 is 0.812 bits per heavy atom. The zero-order valence-electron chi connectivity index (χ0n) is 25.7. The van der Waals surface area contributed by atoms with Gasteiger partial charge in [0.25, 0.3) is 0 Å². The fourth-order valence-electron chi connectivity index (χ4n) is 6.39. The van der Waals surface area contributed by atoms with Crippen molar-refractivity contribution in [3.63, 3.8) is 0 Å². The van der Waals surface area contributed by atoms with Crippen molar-refractivity contribution in [1.29, 1.82) is 0 Å². The highest BCUT2D eigenvalue weighted by Crippen LogP contribution is 2.48. The van der Waals surface area contributed by atoms with Crippen LogP contribution in [0.2, 0.25) is 20.1 Å². The quantitative estimate of drug-likeness (QED) is 0.139. The van der Waals surface area contributed by atoms with Gasteiger partial charge in [-0.1, -0.05) is 168 Å². The molecule has 0 aliphatic rings. The molecule has 6 aromatic rings. The molecule has 0 aromatic heterocycles. The molecule has 2 atom stereocenters. The Balaban J connectivity index is 1.61. The molecule has 240 valence electrons. The maximum absolute atomic E-state index is 13.1. The maximum Gasteiger partial charge on any atom is 0.125 e. The van der Waals surface area contributed by atoms with Crippen molar-refractivity contribution in [1.82, 2.24) is 0 Å². The molecule has 48 heavy (non-hydrogen) atoms. The van der Waals surface area contributed by atoms with E-state index in [9.17, 15) is 10.2 Å². The summed E-state index contributed by atoms with van der Waals surface area (Å²) in [6.07, 6.45) is 3.99. The maximum atomic E-state index is 13.1. The van der Waals surface area contributed by atoms with Crippen LogP contribution in [0.25, 0.3) is 0 Å². The molecule has 0 fully saturated rings. The van der Waals surface area contributed by atoms with Gasteiger partial charge in [0.05, 0.1) is 0 Å². The van der Waals surface area contributed by atoms with Crippen molar-refractivity contribution >= 4 is 46.4 Å². The van der Waals surface area contributed by atoms with E-state index < -0.39 is 23.0 Å². The Morgan fingerprint density at radius 1 is 0.354 bits per heavy atom. The van der Waals surface area contributed by atoms with Crippen LogP contribution in [0.5, 0.6) is 0 Å². The third-order valence-electron chi connectivity index (χ3n) is 8.85. The number of benzene rings is 6. The third-order valence-corrected chi connectivity index (χ3v) is 9.86. The second-order valence-electron chi connectivity index (χ2n) is 11.7. The van der Waals surface area contributed by atoms with Crippen LogP contribution in [-0.2, 0) is 11.2 Å². The van der Waals surface area contributed by atoms with E-state index in [0.29, 0.717) is 42.3 Å². The highest BCUT2D eigenvalue weighted by atomic mass is 35.5. The molecule has 0 spiro atoms. The topological polar surface area (TPSA) is 40.5 Å². The predicted octanol–water partition coefficient (Wildman–Crippen LogP) is 11.6. The van der Waals surface area contributed by atoms with E-state index in [-0.39, 0.29) is 0 Å². The van der Waals surface area contributed by atoms with Gasteiger partial charge in [0, 0.05) is 31.9 Å². The van der Waals surface area contributed by atoms with Gasteiger partial charge in [-0.25, -0.2) is 0 Å². The summed E-state index contributed by atoms with van der Waals surface area (Å²) >= 11 is 25.3. The number of hydrogen-bond donors (Lipinski definition) is 2. The van der Waals surface area contributed by atoms with Crippen molar-refractivity contribution in [2.75, 3.05) is 0 Å². The average Bonchev–Trinajstić information content (AvgIpc) is 3.11. The molecule has 0 aliphatic heterocycles. The lowest BCUT2D eigenvalue weighted by Crippen LogP contribution is -2.36. The molecule has 0 saturated carbocycles. The van der Waals surface area contributed by atoms with E-state index in [0.717, 1.165) is 11.1 Å². The minimum atomic E-state index is -1.56. The molecule has 0 saturated heterocycles. The number of hydrogen-bond acceptors (Lipinski definition) is 2. The molecule has 6 rings (SSSR count). The Morgan fingerprint density at radius 2 is 0.583 bits per heavy atom. The summed E-state index contributed by atoms with van der Waals surface area (Å²) in [5.41, 5.74) is 1.21. The lowest BCUT2D eigenvalue weighted by molar-refractivity contribution is 0.0593. The molecule has 6 aromatic carbocycles. The first kappa shape index (κ1) is 34.0. The zero-order chi connectivity index (χ0) is 33.7. The molecular weight excluding hydrogens is 678 g/mol. The van der Waals surface area contributed by atoms with Crippen LogP contribution >= 0.6 is 46.4 Å². The van der Waals surface area contributed by atoms with Gasteiger partial charge >= 0.3 is 0 Å². The second-order valence-corrected chi connectivity index (χ2v) is 13.5. The fraction of sp³-hybridized carbons (Fsp3) is 0.0952. The summed E-state index contributed by atoms with van der Waals surface area (Å²) in [5, 5.41) is 28.4. The predicted molar refractivity (Wildman–Crippen MR) is 199 cm³/mol. The Kier molecular flexibility index (Phi) is 10.4. The van der Waals surface area contributed by atoms with Gasteiger partial charge < -0.3 is 10.2 Å². The molecule has 0 heterocycles. The van der Waals surface area contributed by atoms with Crippen LogP contribution < -0.4 is 0 Å². The monoisotopic (exact) mass is 708 g/mol. The Labute approximate surface area is 301 Å². The summed E-state index contributed by atoms with van der Waals surface area (Å²) in [4.78, 5) is 0. The van der Waals surface area contributed by atoms with E-state index in [1.165, 1.54) is 0 Å². The third kappa shape index (κ3) is 6.97. The summed E-state index contributed by atoms with van der Waals surface area (Å²) < 4.78 is 0. The van der Waals surface area contributed by atoms with E-state index in [4.69, 9.17) is 46.4 Å². The van der Waals surface area contributed by atoms with E-state index in [1.807, 2.05) is 121 Å². The van der Waals surface area contributed by atoms with Crippen molar-refractivity contribution in [3.8, 4) is 0 Å². The van der Waals surface area contributed by atoms with Gasteiger partial charge in [0.15, 0.2) is 0 Å². The minimum absolute atomic E-state index is 0.559. The molecule has 2 N–H and O–H groups in total. The highest BCUT2D eigenvalue weighted by molar-refractivity contribution is 6.31. The van der Waals surface area contributed by atoms with Crippen LogP contribution in [0.4, 0.5) is 0 Å². The Bertz CT molecular complexity index is 1720. The van der Waals surface area contributed by atoms with E-state index in [1.54, 1.807) is 48.5 Å². The SMILES string of the molecule is OC(c1ccc(Cl)cc1)(c1ccc(Cl)cc1)[C@H](/C=C\[C@@H](c1ccccc1)C(O)(c1ccc(Cl)cc1)c1ccc(Cl)cc1)c1ccccc1. The summed E-state index contributed by atoms with van der Waals surface area (Å²) in [6, 6.07) is 48.6. The van der Waals surface area contributed by atoms with Crippen LogP contribution in [0.3, 0.4) is 0 Å². The molecule has 0 radical (unpaired) electrons. The van der Waals surface area contributed by atoms with E-state index in [2.05, 4.69) is 0 Å². The molecule has 2 nitrogen and oxygen atoms in total. The lowest BCUT2D eigenvalue weighted by atomic mass is 9.70. The Hall–Kier alpha value is -3.86. The van der Waals surface area contributed by atoms with Gasteiger partial charge in [-0.15, -0.1) is 0 Å². The summed E-state index contributed by atoms with van der Waals surface area (Å²) in [5.74, 6) is -1.24.